The number of carbonyl (C=O) groups is 1. The molecule has 0 heterocycles. The van der Waals surface area contributed by atoms with Crippen LogP contribution in [0.4, 0.5) is 0 Å². The fraction of sp³-hybridized carbons (Fsp3) is 0.222. The average molecular weight is 197 g/mol. The number of hydrogen-bond acceptors (Lipinski definition) is 3. The van der Waals surface area contributed by atoms with Crippen LogP contribution in [0.5, 0.6) is 5.75 Å². The number of phenols is 1. The molecule has 0 aliphatic heterocycles. The highest BCUT2D eigenvalue weighted by Gasteiger charge is 2.08. The largest absolute Gasteiger partial charge is 0.508 e. The summed E-state index contributed by atoms with van der Waals surface area (Å²) in [7, 11) is 2.06. The summed E-state index contributed by atoms with van der Waals surface area (Å²) in [5, 5.41) is 9.00. The number of hydrogen-bond donors (Lipinski definition) is 2. The van der Waals surface area contributed by atoms with Crippen LogP contribution in [0.25, 0.3) is 0 Å². The first-order chi connectivity index (χ1) is 6.09. The van der Waals surface area contributed by atoms with Crippen molar-refractivity contribution in [3.63, 3.8) is 0 Å². The number of phenolic OH excluding ortho intramolecular Hbond substituents is 1. The van der Waals surface area contributed by atoms with Crippen LogP contribution in [0.1, 0.15) is 5.56 Å². The second-order valence-corrected chi connectivity index (χ2v) is 3.45. The topological polar surface area (TPSA) is 63.3 Å². The summed E-state index contributed by atoms with van der Waals surface area (Å²) in [4.78, 5) is 10.8. The summed E-state index contributed by atoms with van der Waals surface area (Å²) in [6.07, 6.45) is 0.503. The molecule has 0 saturated carbocycles. The Hall–Kier alpha value is -0.920. The number of nitrogens with two attached hydrogens (primary N) is 1. The summed E-state index contributed by atoms with van der Waals surface area (Å²) in [6, 6.07) is 6.19. The molecule has 0 spiro atoms. The lowest BCUT2D eigenvalue weighted by Gasteiger charge is -2.06. The molecule has 0 saturated heterocycles. The zero-order valence-electron chi connectivity index (χ0n) is 7.10. The van der Waals surface area contributed by atoms with E-state index in [4.69, 9.17) is 10.8 Å². The highest BCUT2D eigenvalue weighted by atomic mass is 31.0. The van der Waals surface area contributed by atoms with Crippen LogP contribution in [-0.2, 0) is 11.2 Å². The van der Waals surface area contributed by atoms with Crippen LogP contribution in [0.15, 0.2) is 24.3 Å². The van der Waals surface area contributed by atoms with E-state index in [0.717, 1.165) is 5.56 Å². The lowest BCUT2D eigenvalue weighted by molar-refractivity contribution is -0.112. The van der Waals surface area contributed by atoms with Crippen LogP contribution in [-0.4, -0.2) is 16.7 Å². The summed E-state index contributed by atoms with van der Waals surface area (Å²) < 4.78 is 0. The van der Waals surface area contributed by atoms with E-state index in [2.05, 4.69) is 9.24 Å². The van der Waals surface area contributed by atoms with E-state index in [1.54, 1.807) is 24.3 Å². The van der Waals surface area contributed by atoms with Gasteiger partial charge in [-0.15, -0.1) is 0 Å². The van der Waals surface area contributed by atoms with Gasteiger partial charge in [0.25, 0.3) is 0 Å². The second-order valence-electron chi connectivity index (χ2n) is 2.88. The maximum atomic E-state index is 10.8. The summed E-state index contributed by atoms with van der Waals surface area (Å²) in [5.74, 6) is 0.217. The third-order valence-corrected chi connectivity index (χ3v) is 2.19. The minimum atomic E-state index is -0.477. The fourth-order valence-electron chi connectivity index (χ4n) is 0.987. The van der Waals surface area contributed by atoms with Crippen molar-refractivity contribution in [3.05, 3.63) is 29.8 Å². The first kappa shape index (κ1) is 10.2. The molecule has 0 fully saturated rings. The van der Waals surface area contributed by atoms with Gasteiger partial charge in [0.05, 0.1) is 6.04 Å². The van der Waals surface area contributed by atoms with Crippen molar-refractivity contribution in [1.29, 1.82) is 0 Å². The highest BCUT2D eigenvalue weighted by Crippen LogP contribution is 2.11. The molecule has 0 aliphatic carbocycles. The molecule has 0 aromatic heterocycles. The van der Waals surface area contributed by atoms with Gasteiger partial charge in [-0.25, -0.2) is 0 Å². The number of rotatable bonds is 3. The van der Waals surface area contributed by atoms with Crippen LogP contribution >= 0.6 is 9.24 Å². The first-order valence-corrected chi connectivity index (χ1v) is 4.50. The van der Waals surface area contributed by atoms with Crippen LogP contribution < -0.4 is 5.73 Å². The predicted octanol–water partition coefficient (Wildman–Crippen LogP) is 0.664. The Kier molecular flexibility index (Phi) is 3.40. The zero-order valence-corrected chi connectivity index (χ0v) is 8.26. The van der Waals surface area contributed by atoms with E-state index in [-0.39, 0.29) is 11.3 Å². The Labute approximate surface area is 79.2 Å². The molecule has 0 aliphatic rings. The van der Waals surface area contributed by atoms with Crippen LogP contribution in [0, 0.1) is 0 Å². The van der Waals surface area contributed by atoms with Gasteiger partial charge in [-0.05, 0) is 24.1 Å². The van der Waals surface area contributed by atoms with E-state index >= 15 is 0 Å². The van der Waals surface area contributed by atoms with Crippen LogP contribution in [0.3, 0.4) is 0 Å². The van der Waals surface area contributed by atoms with Crippen molar-refractivity contribution in [2.75, 3.05) is 0 Å². The molecule has 0 bridgehead atoms. The standard InChI is InChI=1S/C9H12NO2P/c10-8(9(12)13)5-6-1-3-7(11)4-2-6/h1-4,8,11H,5,10,13H2/t8-/m0/s1. The molecular formula is C9H12NO2P. The maximum Gasteiger partial charge on any atom is 0.165 e. The van der Waals surface area contributed by atoms with E-state index in [1.165, 1.54) is 0 Å². The lowest BCUT2D eigenvalue weighted by atomic mass is 10.1. The van der Waals surface area contributed by atoms with Gasteiger partial charge in [0.2, 0.25) is 0 Å². The zero-order chi connectivity index (χ0) is 9.84. The third-order valence-electron chi connectivity index (χ3n) is 1.76. The Balaban J connectivity index is 2.64. The SMILES string of the molecule is N[C@@H](Cc1ccc(O)cc1)C(=O)P. The Morgan fingerprint density at radius 2 is 2.00 bits per heavy atom. The normalized spacial score (nSPS) is 12.5. The molecule has 4 heteroatoms. The first-order valence-electron chi connectivity index (χ1n) is 3.92. The van der Waals surface area contributed by atoms with E-state index in [1.807, 2.05) is 0 Å². The van der Waals surface area contributed by atoms with E-state index < -0.39 is 6.04 Å². The monoisotopic (exact) mass is 197 g/mol. The molecular weight excluding hydrogens is 185 g/mol. The van der Waals surface area contributed by atoms with Gasteiger partial charge in [-0.2, -0.15) is 0 Å². The van der Waals surface area contributed by atoms with Crippen LogP contribution in [0.2, 0.25) is 0 Å². The van der Waals surface area contributed by atoms with Crippen molar-refractivity contribution in [1.82, 2.24) is 0 Å². The molecule has 1 aromatic rings. The Morgan fingerprint density at radius 3 is 2.46 bits per heavy atom. The molecule has 13 heavy (non-hydrogen) atoms. The van der Waals surface area contributed by atoms with Gasteiger partial charge < -0.3 is 10.8 Å². The molecule has 1 unspecified atom stereocenters. The molecule has 1 rings (SSSR count). The molecule has 0 radical (unpaired) electrons. The third kappa shape index (κ3) is 3.13. The van der Waals surface area contributed by atoms with Crippen molar-refractivity contribution in [2.45, 2.75) is 12.5 Å². The molecule has 3 nitrogen and oxygen atoms in total. The Morgan fingerprint density at radius 1 is 1.46 bits per heavy atom. The summed E-state index contributed by atoms with van der Waals surface area (Å²) >= 11 is 0. The van der Waals surface area contributed by atoms with Gasteiger partial charge in [0, 0.05) is 0 Å². The fourth-order valence-corrected chi connectivity index (χ4v) is 1.10. The number of carbonyl (C=O) groups excluding carboxylic acids is 1. The molecule has 3 N–H and O–H groups in total. The minimum absolute atomic E-state index is 0.104. The lowest BCUT2D eigenvalue weighted by Crippen LogP contribution is -2.28. The van der Waals surface area contributed by atoms with Gasteiger partial charge in [-0.3, -0.25) is 4.79 Å². The van der Waals surface area contributed by atoms with E-state index in [9.17, 15) is 4.79 Å². The van der Waals surface area contributed by atoms with Crippen molar-refractivity contribution >= 4 is 14.8 Å². The van der Waals surface area contributed by atoms with Gasteiger partial charge >= 0.3 is 0 Å². The molecule has 70 valence electrons. The minimum Gasteiger partial charge on any atom is -0.508 e. The molecule has 2 atom stereocenters. The maximum absolute atomic E-state index is 10.8. The second kappa shape index (κ2) is 4.35. The summed E-state index contributed by atoms with van der Waals surface area (Å²) in [6.45, 7) is 0. The smallest absolute Gasteiger partial charge is 0.165 e. The van der Waals surface area contributed by atoms with Gasteiger partial charge in [-0.1, -0.05) is 21.4 Å². The highest BCUT2D eigenvalue weighted by molar-refractivity contribution is 7.40. The molecule has 1 aromatic carbocycles. The van der Waals surface area contributed by atoms with Gasteiger partial charge in [0.1, 0.15) is 5.75 Å². The number of benzene rings is 1. The predicted molar refractivity (Wildman–Crippen MR) is 54.5 cm³/mol. The quantitative estimate of drug-likeness (QED) is 0.700. The van der Waals surface area contributed by atoms with Crippen molar-refractivity contribution in [3.8, 4) is 5.75 Å². The van der Waals surface area contributed by atoms with Gasteiger partial charge in [0.15, 0.2) is 5.52 Å². The van der Waals surface area contributed by atoms with Crippen molar-refractivity contribution in [2.24, 2.45) is 5.73 Å². The summed E-state index contributed by atoms with van der Waals surface area (Å²) in [5.41, 5.74) is 6.40. The number of aromatic hydroxyl groups is 1. The molecule has 0 amide bonds. The Bertz CT molecular complexity index is 297. The average Bonchev–Trinajstić information content (AvgIpc) is 2.08. The van der Waals surface area contributed by atoms with Crippen molar-refractivity contribution < 1.29 is 9.90 Å². The van der Waals surface area contributed by atoms with E-state index in [0.29, 0.717) is 6.42 Å².